The van der Waals surface area contributed by atoms with Crippen molar-refractivity contribution in [3.63, 3.8) is 0 Å². The summed E-state index contributed by atoms with van der Waals surface area (Å²) in [6, 6.07) is 7.48. The number of aliphatic hydroxyl groups is 2. The van der Waals surface area contributed by atoms with Crippen LogP contribution in [0, 0.1) is 23.2 Å². The van der Waals surface area contributed by atoms with Crippen molar-refractivity contribution in [2.75, 3.05) is 11.9 Å². The van der Waals surface area contributed by atoms with Gasteiger partial charge in [-0.2, -0.15) is 0 Å². The second-order valence-corrected chi connectivity index (χ2v) is 10.7. The third-order valence-electron chi connectivity index (χ3n) is 7.79. The van der Waals surface area contributed by atoms with Gasteiger partial charge in [-0.05, 0) is 98.8 Å². The fourth-order valence-electron chi connectivity index (χ4n) is 6.92. The SMILES string of the molecule is O=C(CC12CC3CC(CC(C3)C1)C2)Nc1c(Cl)ccc2nc(CC[C@@H](O)CO)ccc12. The van der Waals surface area contributed by atoms with Crippen LogP contribution in [0.5, 0.6) is 0 Å². The normalized spacial score (nSPS) is 30.0. The monoisotopic (exact) mass is 442 g/mol. The lowest BCUT2D eigenvalue weighted by atomic mass is 9.49. The van der Waals surface area contributed by atoms with Crippen LogP contribution in [0.1, 0.15) is 57.1 Å². The van der Waals surface area contributed by atoms with E-state index in [4.69, 9.17) is 16.7 Å². The van der Waals surface area contributed by atoms with Gasteiger partial charge >= 0.3 is 0 Å². The predicted octanol–water partition coefficient (Wildman–Crippen LogP) is 4.72. The molecule has 0 aliphatic heterocycles. The van der Waals surface area contributed by atoms with Gasteiger partial charge in [0.15, 0.2) is 0 Å². The highest BCUT2D eigenvalue weighted by Crippen LogP contribution is 2.61. The molecule has 4 fully saturated rings. The van der Waals surface area contributed by atoms with Crippen molar-refractivity contribution < 1.29 is 15.0 Å². The zero-order valence-electron chi connectivity index (χ0n) is 17.8. The molecule has 1 heterocycles. The molecule has 1 amide bonds. The number of benzene rings is 1. The van der Waals surface area contributed by atoms with E-state index < -0.39 is 6.10 Å². The van der Waals surface area contributed by atoms with Crippen LogP contribution < -0.4 is 5.32 Å². The second kappa shape index (κ2) is 8.34. The summed E-state index contributed by atoms with van der Waals surface area (Å²) in [5, 5.41) is 23.1. The van der Waals surface area contributed by atoms with Crippen LogP contribution in [-0.4, -0.2) is 33.8 Å². The first-order chi connectivity index (χ1) is 14.9. The first-order valence-corrected chi connectivity index (χ1v) is 12.0. The average Bonchev–Trinajstić information content (AvgIpc) is 2.72. The van der Waals surface area contributed by atoms with Crippen molar-refractivity contribution in [1.29, 1.82) is 0 Å². The highest BCUT2D eigenvalue weighted by molar-refractivity contribution is 6.35. The lowest BCUT2D eigenvalue weighted by Gasteiger charge is -2.56. The fraction of sp³-hybridized carbons (Fsp3) is 0.600. The number of pyridine rings is 1. The van der Waals surface area contributed by atoms with Crippen LogP contribution in [0.25, 0.3) is 10.9 Å². The van der Waals surface area contributed by atoms with Gasteiger partial charge in [0.05, 0.1) is 28.9 Å². The standard InChI is InChI=1S/C25H31ClN2O3/c26-21-5-6-22-20(4-2-18(27-22)1-3-19(30)14-29)24(21)28-23(31)13-25-10-15-7-16(11-25)9-17(8-15)12-25/h2,4-6,15-17,19,29-30H,1,3,7-14H2,(H,28,31)/t15?,16?,17?,19-,25?/m1/s1. The van der Waals surface area contributed by atoms with E-state index in [-0.39, 0.29) is 17.9 Å². The van der Waals surface area contributed by atoms with Gasteiger partial charge in [-0.25, -0.2) is 0 Å². The number of aryl methyl sites for hydroxylation is 1. The zero-order chi connectivity index (χ0) is 21.6. The smallest absolute Gasteiger partial charge is 0.224 e. The van der Waals surface area contributed by atoms with E-state index in [1.807, 2.05) is 18.2 Å². The number of hydrogen-bond donors (Lipinski definition) is 3. The van der Waals surface area contributed by atoms with Crippen molar-refractivity contribution in [3.8, 4) is 0 Å². The molecule has 0 unspecified atom stereocenters. The average molecular weight is 443 g/mol. The Balaban J connectivity index is 1.32. The Hall–Kier alpha value is -1.69. The van der Waals surface area contributed by atoms with Gasteiger partial charge in [0.25, 0.3) is 0 Å². The summed E-state index contributed by atoms with van der Waals surface area (Å²) >= 11 is 6.48. The van der Waals surface area contributed by atoms with Crippen LogP contribution >= 0.6 is 11.6 Å². The fourth-order valence-corrected chi connectivity index (χ4v) is 7.13. The molecule has 4 saturated carbocycles. The number of aliphatic hydroxyl groups excluding tert-OH is 2. The Bertz CT molecular complexity index is 957. The third-order valence-corrected chi connectivity index (χ3v) is 8.10. The number of carbonyl (C=O) groups is 1. The van der Waals surface area contributed by atoms with Gasteiger partial charge in [-0.1, -0.05) is 11.6 Å². The zero-order valence-corrected chi connectivity index (χ0v) is 18.6. The van der Waals surface area contributed by atoms with Gasteiger partial charge < -0.3 is 15.5 Å². The number of carbonyl (C=O) groups excluding carboxylic acids is 1. The number of aromatic nitrogens is 1. The van der Waals surface area contributed by atoms with E-state index in [1.165, 1.54) is 38.5 Å². The Morgan fingerprint density at radius 2 is 1.81 bits per heavy atom. The van der Waals surface area contributed by atoms with Gasteiger partial charge in [0.2, 0.25) is 5.91 Å². The lowest BCUT2D eigenvalue weighted by Crippen LogP contribution is -2.47. The highest BCUT2D eigenvalue weighted by atomic mass is 35.5. The summed E-state index contributed by atoms with van der Waals surface area (Å²) in [6.45, 7) is -0.247. The molecule has 31 heavy (non-hydrogen) atoms. The number of fused-ring (bicyclic) bond motifs is 1. The molecule has 1 aromatic carbocycles. The first kappa shape index (κ1) is 21.2. The molecule has 5 nitrogen and oxygen atoms in total. The molecule has 3 N–H and O–H groups in total. The second-order valence-electron chi connectivity index (χ2n) is 10.3. The minimum atomic E-state index is -0.734. The molecule has 4 aliphatic rings. The molecule has 6 heteroatoms. The Morgan fingerprint density at radius 3 is 2.45 bits per heavy atom. The number of halogens is 1. The van der Waals surface area contributed by atoms with Crippen molar-refractivity contribution in [1.82, 2.24) is 4.98 Å². The molecule has 6 rings (SSSR count). The summed E-state index contributed by atoms with van der Waals surface area (Å²) < 4.78 is 0. The maximum atomic E-state index is 13.1. The van der Waals surface area contributed by atoms with E-state index in [2.05, 4.69) is 10.3 Å². The van der Waals surface area contributed by atoms with Crippen molar-refractivity contribution in [3.05, 3.63) is 35.0 Å². The summed E-state index contributed by atoms with van der Waals surface area (Å²) in [6.07, 6.45) is 8.64. The number of amides is 1. The largest absolute Gasteiger partial charge is 0.394 e. The molecule has 0 radical (unpaired) electrons. The molecular formula is C25H31ClN2O3. The Labute approximate surface area is 188 Å². The Kier molecular flexibility index (Phi) is 5.70. The van der Waals surface area contributed by atoms with E-state index in [1.54, 1.807) is 6.07 Å². The molecule has 1 aromatic heterocycles. The topological polar surface area (TPSA) is 82.5 Å². The van der Waals surface area contributed by atoms with E-state index >= 15 is 0 Å². The van der Waals surface area contributed by atoms with Gasteiger partial charge in [0.1, 0.15) is 0 Å². The summed E-state index contributed by atoms with van der Waals surface area (Å²) in [7, 11) is 0. The van der Waals surface area contributed by atoms with Crippen molar-refractivity contribution in [2.45, 2.75) is 63.9 Å². The molecular weight excluding hydrogens is 412 g/mol. The summed E-state index contributed by atoms with van der Waals surface area (Å²) in [5.41, 5.74) is 2.44. The number of nitrogens with zero attached hydrogens (tertiary/aromatic N) is 1. The van der Waals surface area contributed by atoms with Crippen molar-refractivity contribution in [2.24, 2.45) is 23.2 Å². The van der Waals surface area contributed by atoms with Gasteiger partial charge in [-0.3, -0.25) is 9.78 Å². The molecule has 4 aliphatic carbocycles. The number of anilines is 1. The van der Waals surface area contributed by atoms with Crippen LogP contribution in [0.15, 0.2) is 24.3 Å². The van der Waals surface area contributed by atoms with Crippen LogP contribution in [0.4, 0.5) is 5.69 Å². The summed E-state index contributed by atoms with van der Waals surface area (Å²) in [5.74, 6) is 2.54. The highest BCUT2D eigenvalue weighted by Gasteiger charge is 2.51. The predicted molar refractivity (Wildman–Crippen MR) is 122 cm³/mol. The van der Waals surface area contributed by atoms with E-state index in [0.717, 1.165) is 34.4 Å². The molecule has 4 bridgehead atoms. The molecule has 0 spiro atoms. The molecule has 1 atom stereocenters. The summed E-state index contributed by atoms with van der Waals surface area (Å²) in [4.78, 5) is 17.8. The molecule has 0 saturated heterocycles. The quantitative estimate of drug-likeness (QED) is 0.579. The van der Waals surface area contributed by atoms with Gasteiger partial charge in [-0.15, -0.1) is 0 Å². The number of hydrogen-bond acceptors (Lipinski definition) is 4. The minimum absolute atomic E-state index is 0.0616. The van der Waals surface area contributed by atoms with E-state index in [0.29, 0.717) is 30.0 Å². The molecule has 166 valence electrons. The van der Waals surface area contributed by atoms with Crippen LogP contribution in [0.3, 0.4) is 0 Å². The van der Waals surface area contributed by atoms with Gasteiger partial charge in [0, 0.05) is 17.5 Å². The molecule has 2 aromatic rings. The number of nitrogens with one attached hydrogen (secondary N) is 1. The first-order valence-electron chi connectivity index (χ1n) is 11.6. The maximum Gasteiger partial charge on any atom is 0.224 e. The van der Waals surface area contributed by atoms with Crippen molar-refractivity contribution >= 4 is 34.1 Å². The van der Waals surface area contributed by atoms with Crippen LogP contribution in [-0.2, 0) is 11.2 Å². The van der Waals surface area contributed by atoms with Crippen LogP contribution in [0.2, 0.25) is 5.02 Å². The van der Waals surface area contributed by atoms with E-state index in [9.17, 15) is 9.90 Å². The number of rotatable bonds is 7. The maximum absolute atomic E-state index is 13.1. The lowest BCUT2D eigenvalue weighted by molar-refractivity contribution is -0.124. The minimum Gasteiger partial charge on any atom is -0.394 e. The third kappa shape index (κ3) is 4.33. The Morgan fingerprint density at radius 1 is 1.13 bits per heavy atom.